The van der Waals surface area contributed by atoms with Crippen molar-refractivity contribution in [3.8, 4) is 5.75 Å². The molecule has 0 aromatic heterocycles. The van der Waals surface area contributed by atoms with Crippen LogP contribution in [0, 0.1) is 0 Å². The molecule has 1 atom stereocenters. The predicted octanol–water partition coefficient (Wildman–Crippen LogP) is 2.39. The fourth-order valence-electron chi connectivity index (χ4n) is 1.92. The summed E-state index contributed by atoms with van der Waals surface area (Å²) in [6.07, 6.45) is -1.02. The number of amides is 2. The highest BCUT2D eigenvalue weighted by molar-refractivity contribution is 6.33. The van der Waals surface area contributed by atoms with E-state index in [9.17, 15) is 14.4 Å². The minimum Gasteiger partial charge on any atom is -0.484 e. The molecule has 2 amide bonds. The maximum absolute atomic E-state index is 12.1. The summed E-state index contributed by atoms with van der Waals surface area (Å²) in [6, 6.07) is 12.6. The second kappa shape index (κ2) is 8.87. The van der Waals surface area contributed by atoms with Crippen molar-refractivity contribution >= 4 is 35.1 Å². The molecule has 8 heteroatoms. The second-order valence-electron chi connectivity index (χ2n) is 5.30. The molecule has 0 fully saturated rings. The summed E-state index contributed by atoms with van der Waals surface area (Å²) in [5.74, 6) is -1.40. The van der Waals surface area contributed by atoms with Gasteiger partial charge in [0.25, 0.3) is 11.8 Å². The van der Waals surface area contributed by atoms with Crippen LogP contribution in [-0.2, 0) is 14.3 Å². The normalized spacial score (nSPS) is 11.3. The summed E-state index contributed by atoms with van der Waals surface area (Å²) in [7, 11) is 0. The highest BCUT2D eigenvalue weighted by atomic mass is 35.5. The summed E-state index contributed by atoms with van der Waals surface area (Å²) in [5, 5.41) is 2.97. The van der Waals surface area contributed by atoms with Gasteiger partial charge in [0.15, 0.2) is 12.7 Å². The number of nitrogens with two attached hydrogens (primary N) is 1. The first-order valence-electron chi connectivity index (χ1n) is 7.64. The summed E-state index contributed by atoms with van der Waals surface area (Å²) in [5.41, 5.74) is 5.64. The maximum Gasteiger partial charge on any atom is 0.338 e. The molecule has 2 aromatic carbocycles. The number of carbonyl (C=O) groups excluding carboxylic acids is 3. The van der Waals surface area contributed by atoms with Crippen molar-refractivity contribution in [2.45, 2.75) is 13.0 Å². The van der Waals surface area contributed by atoms with Crippen molar-refractivity contribution in [1.29, 1.82) is 0 Å². The monoisotopic (exact) mass is 376 g/mol. The Balaban J connectivity index is 1.92. The summed E-state index contributed by atoms with van der Waals surface area (Å²) >= 11 is 5.97. The van der Waals surface area contributed by atoms with Crippen LogP contribution in [0.3, 0.4) is 0 Å². The standard InChI is InChI=1S/C18H17ClN2O5/c1-11(17(23)21-15-5-3-2-4-14(15)19)26-18(24)12-6-8-13(9-7-12)25-10-16(20)22/h2-9,11H,10H2,1H3,(H2,20,22)(H,21,23)/t11-/m0/s1. The molecular weight excluding hydrogens is 360 g/mol. The quantitative estimate of drug-likeness (QED) is 0.721. The van der Waals surface area contributed by atoms with Crippen molar-refractivity contribution in [3.05, 3.63) is 59.1 Å². The zero-order valence-corrected chi connectivity index (χ0v) is 14.7. The molecule has 0 spiro atoms. The number of benzene rings is 2. The number of nitrogens with one attached hydrogen (secondary N) is 1. The minimum atomic E-state index is -1.02. The van der Waals surface area contributed by atoms with Crippen LogP contribution in [0.25, 0.3) is 0 Å². The topological polar surface area (TPSA) is 108 Å². The zero-order chi connectivity index (χ0) is 19.1. The van der Waals surface area contributed by atoms with Gasteiger partial charge in [-0.3, -0.25) is 9.59 Å². The van der Waals surface area contributed by atoms with Crippen molar-refractivity contribution in [2.75, 3.05) is 11.9 Å². The summed E-state index contributed by atoms with van der Waals surface area (Å²) in [6.45, 7) is 1.19. The van der Waals surface area contributed by atoms with Crippen LogP contribution in [0.2, 0.25) is 5.02 Å². The average Bonchev–Trinajstić information content (AvgIpc) is 2.62. The number of anilines is 1. The van der Waals surface area contributed by atoms with E-state index < -0.39 is 23.9 Å². The van der Waals surface area contributed by atoms with Gasteiger partial charge in [-0.15, -0.1) is 0 Å². The number of esters is 1. The Morgan fingerprint density at radius 2 is 1.77 bits per heavy atom. The highest BCUT2D eigenvalue weighted by Crippen LogP contribution is 2.21. The van der Waals surface area contributed by atoms with Gasteiger partial charge >= 0.3 is 5.97 Å². The molecule has 0 saturated heterocycles. The van der Waals surface area contributed by atoms with Gasteiger partial charge < -0.3 is 20.5 Å². The van der Waals surface area contributed by atoms with E-state index in [1.54, 1.807) is 24.3 Å². The minimum absolute atomic E-state index is 0.230. The zero-order valence-electron chi connectivity index (χ0n) is 13.9. The van der Waals surface area contributed by atoms with Gasteiger partial charge in [0, 0.05) is 0 Å². The lowest BCUT2D eigenvalue weighted by molar-refractivity contribution is -0.123. The first kappa shape index (κ1) is 19.3. The molecule has 26 heavy (non-hydrogen) atoms. The molecule has 2 aromatic rings. The van der Waals surface area contributed by atoms with E-state index in [-0.39, 0.29) is 12.2 Å². The van der Waals surface area contributed by atoms with Crippen molar-refractivity contribution in [1.82, 2.24) is 0 Å². The molecule has 2 rings (SSSR count). The van der Waals surface area contributed by atoms with E-state index in [2.05, 4.69) is 5.32 Å². The van der Waals surface area contributed by atoms with Crippen LogP contribution in [0.1, 0.15) is 17.3 Å². The fourth-order valence-corrected chi connectivity index (χ4v) is 2.10. The van der Waals surface area contributed by atoms with Crippen molar-refractivity contribution in [3.63, 3.8) is 0 Å². The first-order valence-corrected chi connectivity index (χ1v) is 8.02. The molecule has 0 radical (unpaired) electrons. The fraction of sp³-hybridized carbons (Fsp3) is 0.167. The summed E-state index contributed by atoms with van der Waals surface area (Å²) < 4.78 is 10.2. The smallest absolute Gasteiger partial charge is 0.338 e. The lowest BCUT2D eigenvalue weighted by Crippen LogP contribution is -2.30. The van der Waals surface area contributed by atoms with E-state index in [4.69, 9.17) is 26.8 Å². The summed E-state index contributed by atoms with van der Waals surface area (Å²) in [4.78, 5) is 34.9. The number of para-hydroxylation sites is 1. The Morgan fingerprint density at radius 1 is 1.12 bits per heavy atom. The van der Waals surface area contributed by atoms with Gasteiger partial charge in [-0.2, -0.15) is 0 Å². The largest absolute Gasteiger partial charge is 0.484 e. The van der Waals surface area contributed by atoms with Crippen LogP contribution in [0.4, 0.5) is 5.69 Å². The van der Waals surface area contributed by atoms with E-state index in [0.29, 0.717) is 16.5 Å². The third-order valence-electron chi connectivity index (χ3n) is 3.26. The number of carbonyl (C=O) groups is 3. The van der Waals surface area contributed by atoms with Gasteiger partial charge in [0.2, 0.25) is 0 Å². The van der Waals surface area contributed by atoms with Gasteiger partial charge in [-0.05, 0) is 43.3 Å². The second-order valence-corrected chi connectivity index (χ2v) is 5.70. The number of hydrogen-bond donors (Lipinski definition) is 2. The molecule has 0 aliphatic heterocycles. The van der Waals surface area contributed by atoms with Crippen molar-refractivity contribution < 1.29 is 23.9 Å². The molecular formula is C18H17ClN2O5. The Kier molecular flexibility index (Phi) is 6.57. The molecule has 0 saturated carbocycles. The predicted molar refractivity (Wildman–Crippen MR) is 96.1 cm³/mol. The Bertz CT molecular complexity index is 807. The lowest BCUT2D eigenvalue weighted by Gasteiger charge is -2.14. The van der Waals surface area contributed by atoms with Gasteiger partial charge in [-0.25, -0.2) is 4.79 Å². The van der Waals surface area contributed by atoms with Crippen molar-refractivity contribution in [2.24, 2.45) is 5.73 Å². The maximum atomic E-state index is 12.1. The number of hydrogen-bond acceptors (Lipinski definition) is 5. The Labute approximate surface area is 155 Å². The number of halogens is 1. The number of rotatable bonds is 7. The third-order valence-corrected chi connectivity index (χ3v) is 3.59. The van der Waals surface area contributed by atoms with Gasteiger partial charge in [0.05, 0.1) is 16.3 Å². The van der Waals surface area contributed by atoms with Crippen LogP contribution in [-0.4, -0.2) is 30.5 Å². The Hall–Kier alpha value is -3.06. The average molecular weight is 377 g/mol. The third kappa shape index (κ3) is 5.49. The van der Waals surface area contributed by atoms with E-state index in [1.807, 2.05) is 0 Å². The lowest BCUT2D eigenvalue weighted by atomic mass is 10.2. The molecule has 136 valence electrons. The van der Waals surface area contributed by atoms with Gasteiger partial charge in [-0.1, -0.05) is 23.7 Å². The molecule has 0 aliphatic carbocycles. The van der Waals surface area contributed by atoms with Crippen LogP contribution in [0.5, 0.6) is 5.75 Å². The molecule has 0 unspecified atom stereocenters. The molecule has 0 bridgehead atoms. The SMILES string of the molecule is C[C@H](OC(=O)c1ccc(OCC(N)=O)cc1)C(=O)Nc1ccccc1Cl. The molecule has 0 aliphatic rings. The highest BCUT2D eigenvalue weighted by Gasteiger charge is 2.19. The Morgan fingerprint density at radius 3 is 2.38 bits per heavy atom. The first-order chi connectivity index (χ1) is 12.4. The van der Waals surface area contributed by atoms with Crippen LogP contribution >= 0.6 is 11.6 Å². The van der Waals surface area contributed by atoms with E-state index in [0.717, 1.165) is 0 Å². The van der Waals surface area contributed by atoms with E-state index >= 15 is 0 Å². The van der Waals surface area contributed by atoms with Crippen LogP contribution < -0.4 is 15.8 Å². The number of ether oxygens (including phenoxy) is 2. The van der Waals surface area contributed by atoms with Gasteiger partial charge in [0.1, 0.15) is 5.75 Å². The molecule has 0 heterocycles. The number of primary amides is 1. The van der Waals surface area contributed by atoms with Crippen LogP contribution in [0.15, 0.2) is 48.5 Å². The molecule has 7 nitrogen and oxygen atoms in total. The molecule has 3 N–H and O–H groups in total. The van der Waals surface area contributed by atoms with E-state index in [1.165, 1.54) is 31.2 Å².